The number of amides is 2. The van der Waals surface area contributed by atoms with Crippen LogP contribution in [0.25, 0.3) is 0 Å². The zero-order valence-electron chi connectivity index (χ0n) is 9.05. The number of aliphatic hydroxyl groups is 2. The van der Waals surface area contributed by atoms with E-state index in [4.69, 9.17) is 4.74 Å². The Balaban J connectivity index is 2.32. The molecule has 2 unspecified atom stereocenters. The third kappa shape index (κ3) is 1.45. The maximum atomic E-state index is 11.9. The van der Waals surface area contributed by atoms with Crippen LogP contribution >= 0.6 is 0 Å². The average molecular weight is 229 g/mol. The van der Waals surface area contributed by atoms with Gasteiger partial charge < -0.3 is 14.9 Å². The van der Waals surface area contributed by atoms with Crippen LogP contribution in [0.5, 0.6) is 0 Å². The van der Waals surface area contributed by atoms with Crippen molar-refractivity contribution in [1.29, 1.82) is 0 Å². The standard InChI is InChI=1S/C10H15NO5/c1-10(4-12,5-13)11-8(14)6-2-3-7(16-6)9(11)15/h6-7,12-13H,2-5H2,1H3. The molecule has 0 saturated carbocycles. The molecule has 16 heavy (non-hydrogen) atoms. The number of nitrogens with zero attached hydrogens (tertiary/aromatic N) is 1. The summed E-state index contributed by atoms with van der Waals surface area (Å²) in [6, 6.07) is 0. The molecule has 2 aliphatic rings. The molecule has 2 heterocycles. The van der Waals surface area contributed by atoms with E-state index in [0.29, 0.717) is 12.8 Å². The van der Waals surface area contributed by atoms with Gasteiger partial charge in [-0.05, 0) is 19.8 Å². The normalized spacial score (nSPS) is 30.1. The molecule has 6 nitrogen and oxygen atoms in total. The molecule has 2 amide bonds. The largest absolute Gasteiger partial charge is 0.394 e. The highest BCUT2D eigenvalue weighted by Gasteiger charge is 2.52. The Morgan fingerprint density at radius 3 is 2.06 bits per heavy atom. The smallest absolute Gasteiger partial charge is 0.259 e. The lowest BCUT2D eigenvalue weighted by Crippen LogP contribution is -2.64. The molecule has 0 aromatic heterocycles. The van der Waals surface area contributed by atoms with Gasteiger partial charge in [-0.15, -0.1) is 0 Å². The fourth-order valence-corrected chi connectivity index (χ4v) is 2.12. The summed E-state index contributed by atoms with van der Waals surface area (Å²) in [4.78, 5) is 24.8. The van der Waals surface area contributed by atoms with Gasteiger partial charge >= 0.3 is 0 Å². The highest BCUT2D eigenvalue weighted by molar-refractivity contribution is 6.03. The Morgan fingerprint density at radius 1 is 1.25 bits per heavy atom. The van der Waals surface area contributed by atoms with E-state index >= 15 is 0 Å². The molecular weight excluding hydrogens is 214 g/mol. The minimum absolute atomic E-state index is 0.454. The highest BCUT2D eigenvalue weighted by Crippen LogP contribution is 2.32. The predicted octanol–water partition coefficient (Wildman–Crippen LogP) is -1.35. The summed E-state index contributed by atoms with van der Waals surface area (Å²) in [5.41, 5.74) is -1.24. The number of likely N-dealkylation sites (tertiary alicyclic amines) is 1. The fraction of sp³-hybridized carbons (Fsp3) is 0.800. The van der Waals surface area contributed by atoms with E-state index in [2.05, 4.69) is 0 Å². The molecule has 0 aromatic carbocycles. The van der Waals surface area contributed by atoms with Gasteiger partial charge in [0.25, 0.3) is 11.8 Å². The molecule has 2 saturated heterocycles. The van der Waals surface area contributed by atoms with Gasteiger partial charge in [0.15, 0.2) is 0 Å². The van der Waals surface area contributed by atoms with E-state index in [-0.39, 0.29) is 0 Å². The summed E-state index contributed by atoms with van der Waals surface area (Å²) in [7, 11) is 0. The van der Waals surface area contributed by atoms with Gasteiger partial charge in [0.05, 0.1) is 18.8 Å². The quantitative estimate of drug-likeness (QED) is 0.584. The van der Waals surface area contributed by atoms with E-state index in [0.717, 1.165) is 4.90 Å². The number of carbonyl (C=O) groups is 2. The van der Waals surface area contributed by atoms with E-state index in [1.807, 2.05) is 0 Å². The van der Waals surface area contributed by atoms with Crippen LogP contribution in [0.4, 0.5) is 0 Å². The number of carbonyl (C=O) groups excluding carboxylic acids is 2. The van der Waals surface area contributed by atoms with Crippen LogP contribution in [0.3, 0.4) is 0 Å². The lowest BCUT2D eigenvalue weighted by Gasteiger charge is -2.41. The Bertz CT molecular complexity index is 303. The van der Waals surface area contributed by atoms with Crippen molar-refractivity contribution in [2.45, 2.75) is 37.5 Å². The summed E-state index contributed by atoms with van der Waals surface area (Å²) in [6.07, 6.45) is -0.141. The van der Waals surface area contributed by atoms with Gasteiger partial charge in [0, 0.05) is 0 Å². The van der Waals surface area contributed by atoms with Crippen molar-refractivity contribution in [2.24, 2.45) is 0 Å². The number of aliphatic hydroxyl groups excluding tert-OH is 2. The molecule has 6 heteroatoms. The number of imide groups is 1. The van der Waals surface area contributed by atoms with E-state index in [1.54, 1.807) is 0 Å². The van der Waals surface area contributed by atoms with Crippen molar-refractivity contribution in [1.82, 2.24) is 4.90 Å². The van der Waals surface area contributed by atoms with Crippen LogP contribution in [0.15, 0.2) is 0 Å². The first-order valence-electron chi connectivity index (χ1n) is 5.28. The summed E-state index contributed by atoms with van der Waals surface area (Å²) >= 11 is 0. The van der Waals surface area contributed by atoms with E-state index in [1.165, 1.54) is 6.92 Å². The number of fused-ring (bicyclic) bond motifs is 2. The number of rotatable bonds is 3. The van der Waals surface area contributed by atoms with Crippen LogP contribution in [-0.2, 0) is 14.3 Å². The van der Waals surface area contributed by atoms with Gasteiger partial charge in [-0.3, -0.25) is 14.5 Å². The predicted molar refractivity (Wildman–Crippen MR) is 52.3 cm³/mol. The Hall–Kier alpha value is -0.980. The second-order valence-corrected chi connectivity index (χ2v) is 4.52. The number of ether oxygens (including phenoxy) is 1. The topological polar surface area (TPSA) is 87.1 Å². The summed E-state index contributed by atoms with van der Waals surface area (Å²) in [5, 5.41) is 18.4. The van der Waals surface area contributed by atoms with Crippen molar-refractivity contribution < 1.29 is 24.5 Å². The van der Waals surface area contributed by atoms with Crippen LogP contribution < -0.4 is 0 Å². The first-order chi connectivity index (χ1) is 7.53. The monoisotopic (exact) mass is 229 g/mol. The van der Waals surface area contributed by atoms with E-state index < -0.39 is 42.8 Å². The number of hydrogen-bond donors (Lipinski definition) is 2. The number of morpholine rings is 1. The molecule has 2 fully saturated rings. The maximum Gasteiger partial charge on any atom is 0.259 e. The Kier molecular flexibility index (Phi) is 2.73. The van der Waals surface area contributed by atoms with Crippen molar-refractivity contribution in [2.75, 3.05) is 13.2 Å². The third-order valence-electron chi connectivity index (χ3n) is 3.23. The summed E-state index contributed by atoms with van der Waals surface area (Å²) in [6.45, 7) is 0.564. The van der Waals surface area contributed by atoms with Gasteiger partial charge in [0.1, 0.15) is 12.2 Å². The third-order valence-corrected chi connectivity index (χ3v) is 3.23. The average Bonchev–Trinajstić information content (AvgIpc) is 2.73. The van der Waals surface area contributed by atoms with E-state index in [9.17, 15) is 19.8 Å². The van der Waals surface area contributed by atoms with Crippen LogP contribution in [-0.4, -0.2) is 57.9 Å². The first-order valence-corrected chi connectivity index (χ1v) is 5.28. The van der Waals surface area contributed by atoms with Gasteiger partial charge in [-0.1, -0.05) is 0 Å². The van der Waals surface area contributed by atoms with Gasteiger partial charge in [-0.2, -0.15) is 0 Å². The molecule has 2 N–H and O–H groups in total. The lowest BCUT2D eigenvalue weighted by molar-refractivity contribution is -0.180. The van der Waals surface area contributed by atoms with Crippen LogP contribution in [0, 0.1) is 0 Å². The second-order valence-electron chi connectivity index (χ2n) is 4.52. The molecule has 2 rings (SSSR count). The molecule has 2 bridgehead atoms. The maximum absolute atomic E-state index is 11.9. The molecule has 0 aliphatic carbocycles. The SMILES string of the molecule is CC(CO)(CO)N1C(=O)C2CCC(O2)C1=O. The Morgan fingerprint density at radius 2 is 1.69 bits per heavy atom. The van der Waals surface area contributed by atoms with Crippen LogP contribution in [0.1, 0.15) is 19.8 Å². The number of hydrogen-bond acceptors (Lipinski definition) is 5. The van der Waals surface area contributed by atoms with Crippen molar-refractivity contribution in [3.63, 3.8) is 0 Å². The Labute approximate surface area is 92.8 Å². The molecule has 90 valence electrons. The zero-order valence-corrected chi connectivity index (χ0v) is 9.05. The van der Waals surface area contributed by atoms with Crippen LogP contribution in [0.2, 0.25) is 0 Å². The summed E-state index contributed by atoms with van der Waals surface area (Å²) < 4.78 is 5.23. The summed E-state index contributed by atoms with van der Waals surface area (Å²) in [5.74, 6) is -0.909. The fourth-order valence-electron chi connectivity index (χ4n) is 2.12. The molecular formula is C10H15NO5. The van der Waals surface area contributed by atoms with Crippen molar-refractivity contribution in [3.8, 4) is 0 Å². The minimum Gasteiger partial charge on any atom is -0.394 e. The lowest BCUT2D eigenvalue weighted by atomic mass is 10.0. The highest BCUT2D eigenvalue weighted by atomic mass is 16.5. The van der Waals surface area contributed by atoms with Crippen molar-refractivity contribution in [3.05, 3.63) is 0 Å². The zero-order chi connectivity index (χ0) is 11.9. The molecule has 2 aliphatic heterocycles. The minimum atomic E-state index is -1.24. The van der Waals surface area contributed by atoms with Crippen molar-refractivity contribution >= 4 is 11.8 Å². The molecule has 0 aromatic rings. The second kappa shape index (κ2) is 3.80. The molecule has 0 radical (unpaired) electrons. The molecule has 2 atom stereocenters. The first kappa shape index (κ1) is 11.5. The molecule has 0 spiro atoms. The van der Waals surface area contributed by atoms with Gasteiger partial charge in [-0.25, -0.2) is 0 Å². The van der Waals surface area contributed by atoms with Gasteiger partial charge in [0.2, 0.25) is 0 Å².